The van der Waals surface area contributed by atoms with E-state index in [0.29, 0.717) is 12.0 Å². The van der Waals surface area contributed by atoms with Crippen molar-refractivity contribution in [1.29, 1.82) is 0 Å². The Morgan fingerprint density at radius 2 is 2.15 bits per heavy atom. The van der Waals surface area contributed by atoms with Gasteiger partial charge in [0.1, 0.15) is 0 Å². The number of benzene rings is 1. The van der Waals surface area contributed by atoms with Gasteiger partial charge in [0, 0.05) is 50.5 Å². The van der Waals surface area contributed by atoms with Crippen molar-refractivity contribution < 1.29 is 10.0 Å². The fourth-order valence-electron chi connectivity index (χ4n) is 2.71. The summed E-state index contributed by atoms with van der Waals surface area (Å²) in [5.74, 6) is 0. The van der Waals surface area contributed by atoms with E-state index in [9.17, 15) is 15.2 Å². The third kappa shape index (κ3) is 3.33. The lowest BCUT2D eigenvalue weighted by atomic mass is 9.99. The number of piperazine rings is 1. The molecule has 6 heteroatoms. The van der Waals surface area contributed by atoms with Gasteiger partial charge < -0.3 is 10.4 Å². The van der Waals surface area contributed by atoms with Gasteiger partial charge in [-0.2, -0.15) is 0 Å². The lowest BCUT2D eigenvalue weighted by Gasteiger charge is -2.35. The van der Waals surface area contributed by atoms with Gasteiger partial charge in [-0.25, -0.2) is 0 Å². The predicted molar refractivity (Wildman–Crippen MR) is 76.7 cm³/mol. The number of aliphatic hydroxyl groups is 1. The third-order valence-corrected chi connectivity index (χ3v) is 3.81. The lowest BCUT2D eigenvalue weighted by Crippen LogP contribution is -2.45. The second-order valence-electron chi connectivity index (χ2n) is 5.12. The van der Waals surface area contributed by atoms with E-state index >= 15 is 0 Å². The maximum absolute atomic E-state index is 11.1. The normalized spacial score (nSPS) is 17.9. The van der Waals surface area contributed by atoms with Gasteiger partial charge >= 0.3 is 0 Å². The second kappa shape index (κ2) is 6.78. The number of aliphatic hydroxyl groups excluding tert-OH is 1. The number of nitrogens with one attached hydrogen (secondary N) is 1. The van der Waals surface area contributed by atoms with Gasteiger partial charge in [0.05, 0.1) is 4.92 Å². The molecule has 0 bridgehead atoms. The van der Waals surface area contributed by atoms with Crippen LogP contribution in [0.15, 0.2) is 18.2 Å². The number of nitro groups is 1. The van der Waals surface area contributed by atoms with E-state index in [1.54, 1.807) is 19.1 Å². The molecule has 1 aliphatic rings. The molecule has 1 aromatic rings. The highest BCUT2D eigenvalue weighted by Crippen LogP contribution is 2.29. The molecule has 0 radical (unpaired) electrons. The average Bonchev–Trinajstić information content (AvgIpc) is 2.46. The molecule has 1 fully saturated rings. The van der Waals surface area contributed by atoms with Crippen molar-refractivity contribution in [2.75, 3.05) is 32.8 Å². The van der Waals surface area contributed by atoms with Crippen molar-refractivity contribution in [2.24, 2.45) is 0 Å². The standard InChI is InChI=1S/C14H21N3O3/c1-11-2-3-12(10-14(11)17(19)20)13(4-9-18)16-7-5-15-6-8-16/h2-3,10,13,15,18H,4-9H2,1H3/t13-/m0/s1. The van der Waals surface area contributed by atoms with Gasteiger partial charge in [0.25, 0.3) is 5.69 Å². The SMILES string of the molecule is Cc1ccc([C@H](CCO)N2CCNCC2)cc1[N+](=O)[O-]. The van der Waals surface area contributed by atoms with E-state index in [0.717, 1.165) is 31.7 Å². The molecule has 1 atom stereocenters. The summed E-state index contributed by atoms with van der Waals surface area (Å²) in [6.45, 7) is 5.44. The Bertz CT molecular complexity index is 473. The quantitative estimate of drug-likeness (QED) is 0.626. The van der Waals surface area contributed by atoms with Crippen LogP contribution in [0.4, 0.5) is 5.69 Å². The van der Waals surface area contributed by atoms with Crippen LogP contribution in [0, 0.1) is 17.0 Å². The molecule has 20 heavy (non-hydrogen) atoms. The van der Waals surface area contributed by atoms with Crippen molar-refractivity contribution in [3.05, 3.63) is 39.4 Å². The molecule has 1 aromatic carbocycles. The number of hydrogen-bond acceptors (Lipinski definition) is 5. The molecule has 2 rings (SSSR count). The zero-order valence-electron chi connectivity index (χ0n) is 11.7. The van der Waals surface area contributed by atoms with Crippen molar-refractivity contribution in [3.63, 3.8) is 0 Å². The van der Waals surface area contributed by atoms with Crippen LogP contribution in [0.3, 0.4) is 0 Å². The first-order valence-corrected chi connectivity index (χ1v) is 6.94. The Morgan fingerprint density at radius 3 is 2.75 bits per heavy atom. The van der Waals surface area contributed by atoms with Crippen LogP contribution >= 0.6 is 0 Å². The highest BCUT2D eigenvalue weighted by molar-refractivity contribution is 5.43. The van der Waals surface area contributed by atoms with Crippen LogP contribution < -0.4 is 5.32 Å². The van der Waals surface area contributed by atoms with E-state index in [4.69, 9.17) is 0 Å². The molecular weight excluding hydrogens is 258 g/mol. The summed E-state index contributed by atoms with van der Waals surface area (Å²) in [7, 11) is 0. The molecule has 0 aromatic heterocycles. The first-order chi connectivity index (χ1) is 9.63. The molecular formula is C14H21N3O3. The minimum atomic E-state index is -0.341. The summed E-state index contributed by atoms with van der Waals surface area (Å²) in [5.41, 5.74) is 1.74. The van der Waals surface area contributed by atoms with E-state index < -0.39 is 0 Å². The van der Waals surface area contributed by atoms with E-state index in [2.05, 4.69) is 10.2 Å². The first kappa shape index (κ1) is 14.9. The van der Waals surface area contributed by atoms with E-state index in [-0.39, 0.29) is 23.3 Å². The van der Waals surface area contributed by atoms with Crippen molar-refractivity contribution in [1.82, 2.24) is 10.2 Å². The maximum Gasteiger partial charge on any atom is 0.272 e. The molecule has 1 aliphatic heterocycles. The number of aryl methyl sites for hydroxylation is 1. The number of nitrogens with zero attached hydrogens (tertiary/aromatic N) is 2. The predicted octanol–water partition coefficient (Wildman–Crippen LogP) is 1.23. The Labute approximate surface area is 118 Å². The monoisotopic (exact) mass is 279 g/mol. The van der Waals surface area contributed by atoms with Crippen molar-refractivity contribution >= 4 is 5.69 Å². The largest absolute Gasteiger partial charge is 0.396 e. The Kier molecular flexibility index (Phi) is 5.05. The molecule has 1 saturated heterocycles. The van der Waals surface area contributed by atoms with Crippen molar-refractivity contribution in [2.45, 2.75) is 19.4 Å². The summed E-state index contributed by atoms with van der Waals surface area (Å²) in [4.78, 5) is 13.0. The van der Waals surface area contributed by atoms with E-state index in [1.807, 2.05) is 6.07 Å². The zero-order chi connectivity index (χ0) is 14.5. The first-order valence-electron chi connectivity index (χ1n) is 6.94. The lowest BCUT2D eigenvalue weighted by molar-refractivity contribution is -0.385. The highest BCUT2D eigenvalue weighted by atomic mass is 16.6. The molecule has 0 amide bonds. The van der Waals surface area contributed by atoms with Gasteiger partial charge in [-0.15, -0.1) is 0 Å². The van der Waals surface area contributed by atoms with E-state index in [1.165, 1.54) is 0 Å². The Hall–Kier alpha value is -1.50. The fourth-order valence-corrected chi connectivity index (χ4v) is 2.71. The zero-order valence-corrected chi connectivity index (χ0v) is 11.7. The number of hydrogen-bond donors (Lipinski definition) is 2. The van der Waals surface area contributed by atoms with Crippen LogP contribution in [0.5, 0.6) is 0 Å². The third-order valence-electron chi connectivity index (χ3n) is 3.81. The number of nitro benzene ring substituents is 1. The number of rotatable bonds is 5. The van der Waals surface area contributed by atoms with Gasteiger partial charge in [-0.3, -0.25) is 15.0 Å². The van der Waals surface area contributed by atoms with Gasteiger partial charge in [0.15, 0.2) is 0 Å². The van der Waals surface area contributed by atoms with Crippen LogP contribution in [0.2, 0.25) is 0 Å². The molecule has 0 spiro atoms. The fraction of sp³-hybridized carbons (Fsp3) is 0.571. The Morgan fingerprint density at radius 1 is 1.45 bits per heavy atom. The smallest absolute Gasteiger partial charge is 0.272 e. The summed E-state index contributed by atoms with van der Waals surface area (Å²) < 4.78 is 0. The average molecular weight is 279 g/mol. The molecule has 110 valence electrons. The summed E-state index contributed by atoms with van der Waals surface area (Å²) >= 11 is 0. The molecule has 0 saturated carbocycles. The maximum atomic E-state index is 11.1. The minimum absolute atomic E-state index is 0.0430. The van der Waals surface area contributed by atoms with Gasteiger partial charge in [0.2, 0.25) is 0 Å². The second-order valence-corrected chi connectivity index (χ2v) is 5.12. The van der Waals surface area contributed by atoms with Crippen LogP contribution in [0.1, 0.15) is 23.6 Å². The molecule has 0 aliphatic carbocycles. The molecule has 1 heterocycles. The van der Waals surface area contributed by atoms with Gasteiger partial charge in [-0.1, -0.05) is 12.1 Å². The van der Waals surface area contributed by atoms with Crippen molar-refractivity contribution in [3.8, 4) is 0 Å². The summed E-state index contributed by atoms with van der Waals surface area (Å²) in [6, 6.07) is 5.42. The van der Waals surface area contributed by atoms with Gasteiger partial charge in [-0.05, 0) is 18.9 Å². The minimum Gasteiger partial charge on any atom is -0.396 e. The molecule has 6 nitrogen and oxygen atoms in total. The Balaban J connectivity index is 2.28. The highest BCUT2D eigenvalue weighted by Gasteiger charge is 2.23. The summed E-state index contributed by atoms with van der Waals surface area (Å²) in [6.07, 6.45) is 0.597. The molecule has 0 unspecified atom stereocenters. The van der Waals surface area contributed by atoms with Crippen LogP contribution in [-0.4, -0.2) is 47.7 Å². The topological polar surface area (TPSA) is 78.6 Å². The van der Waals surface area contributed by atoms with Crippen LogP contribution in [-0.2, 0) is 0 Å². The summed E-state index contributed by atoms with van der Waals surface area (Å²) in [5, 5.41) is 23.6. The molecule has 2 N–H and O–H groups in total. The van der Waals surface area contributed by atoms with Crippen LogP contribution in [0.25, 0.3) is 0 Å².